The Labute approximate surface area is 197 Å². The van der Waals surface area contributed by atoms with Crippen LogP contribution in [0.2, 0.25) is 0 Å². The minimum atomic E-state index is -3.53. The van der Waals surface area contributed by atoms with Crippen molar-refractivity contribution in [2.45, 2.75) is 37.6 Å². The van der Waals surface area contributed by atoms with Crippen molar-refractivity contribution in [3.63, 3.8) is 0 Å². The number of rotatable bonds is 6. The molecule has 2 fully saturated rings. The van der Waals surface area contributed by atoms with E-state index < -0.39 is 10.0 Å². The van der Waals surface area contributed by atoms with Crippen molar-refractivity contribution in [2.24, 2.45) is 0 Å². The molecule has 0 bridgehead atoms. The van der Waals surface area contributed by atoms with E-state index >= 15 is 0 Å². The van der Waals surface area contributed by atoms with Crippen LogP contribution in [0.15, 0.2) is 53.4 Å². The van der Waals surface area contributed by atoms with Gasteiger partial charge in [0.1, 0.15) is 0 Å². The van der Waals surface area contributed by atoms with Gasteiger partial charge in [-0.1, -0.05) is 36.8 Å². The average molecular weight is 471 g/mol. The van der Waals surface area contributed by atoms with E-state index in [1.165, 1.54) is 0 Å². The van der Waals surface area contributed by atoms with Crippen LogP contribution in [0.5, 0.6) is 0 Å². The lowest BCUT2D eigenvalue weighted by molar-refractivity contribution is 0.0644. The Kier molecular flexibility index (Phi) is 7.36. The van der Waals surface area contributed by atoms with Gasteiger partial charge in [0.05, 0.1) is 10.5 Å². The maximum atomic E-state index is 13.3. The molecule has 33 heavy (non-hydrogen) atoms. The number of carbonyl (C=O) groups is 1. The Hall–Kier alpha value is -2.42. The molecule has 0 unspecified atom stereocenters. The fraction of sp³-hybridized carbons (Fsp3) is 0.480. The molecular weight excluding hydrogens is 436 g/mol. The number of likely N-dealkylation sites (N-methyl/N-ethyl adjacent to an activating group) is 1. The number of piperazine rings is 1. The third-order valence-electron chi connectivity index (χ3n) is 6.73. The van der Waals surface area contributed by atoms with Gasteiger partial charge < -0.3 is 14.7 Å². The molecule has 2 aliphatic rings. The van der Waals surface area contributed by atoms with Crippen molar-refractivity contribution in [2.75, 3.05) is 50.7 Å². The number of benzene rings is 2. The summed E-state index contributed by atoms with van der Waals surface area (Å²) in [6, 6.07) is 14.6. The standard InChI is InChI=1S/C25H34N4O3S/c1-3-27-16-18-29(19-17-27)25(30)23-6-4-5-7-24(23)28-14-12-21(13-15-28)26-33(31,32)22-10-8-20(2)9-11-22/h4-11,21,26H,3,12-19H2,1-2H3. The molecule has 0 atom stereocenters. The highest BCUT2D eigenvalue weighted by molar-refractivity contribution is 7.89. The molecular formula is C25H34N4O3S. The minimum absolute atomic E-state index is 0.0866. The van der Waals surface area contributed by atoms with Crippen LogP contribution in [-0.4, -0.2) is 76.0 Å². The molecule has 2 aromatic rings. The van der Waals surface area contributed by atoms with E-state index in [4.69, 9.17) is 0 Å². The van der Waals surface area contributed by atoms with Gasteiger partial charge in [-0.3, -0.25) is 4.79 Å². The largest absolute Gasteiger partial charge is 0.371 e. The first kappa shape index (κ1) is 23.7. The van der Waals surface area contributed by atoms with E-state index in [2.05, 4.69) is 21.4 Å². The quantitative estimate of drug-likeness (QED) is 0.703. The monoisotopic (exact) mass is 470 g/mol. The average Bonchev–Trinajstić information content (AvgIpc) is 2.84. The molecule has 1 amide bonds. The molecule has 2 aliphatic heterocycles. The smallest absolute Gasteiger partial charge is 0.256 e. The maximum Gasteiger partial charge on any atom is 0.256 e. The molecule has 2 saturated heterocycles. The van der Waals surface area contributed by atoms with Crippen LogP contribution in [0.3, 0.4) is 0 Å². The summed E-state index contributed by atoms with van der Waals surface area (Å²) < 4.78 is 28.4. The fourth-order valence-corrected chi connectivity index (χ4v) is 5.92. The number of amides is 1. The molecule has 2 heterocycles. The van der Waals surface area contributed by atoms with E-state index in [1.807, 2.05) is 48.2 Å². The molecule has 0 spiro atoms. The van der Waals surface area contributed by atoms with E-state index in [9.17, 15) is 13.2 Å². The Morgan fingerprint density at radius 2 is 1.58 bits per heavy atom. The van der Waals surface area contributed by atoms with Gasteiger partial charge in [-0.15, -0.1) is 0 Å². The topological polar surface area (TPSA) is 73.0 Å². The summed E-state index contributed by atoms with van der Waals surface area (Å²) in [6.45, 7) is 9.84. The molecule has 0 aromatic heterocycles. The lowest BCUT2D eigenvalue weighted by Crippen LogP contribution is -2.49. The lowest BCUT2D eigenvalue weighted by atomic mass is 10.0. The Balaban J connectivity index is 1.39. The summed E-state index contributed by atoms with van der Waals surface area (Å²) in [5.41, 5.74) is 2.71. The summed E-state index contributed by atoms with van der Waals surface area (Å²) in [6.07, 6.45) is 1.39. The second-order valence-corrected chi connectivity index (χ2v) is 10.7. The number of sulfonamides is 1. The van der Waals surface area contributed by atoms with Crippen LogP contribution in [0.1, 0.15) is 35.7 Å². The highest BCUT2D eigenvalue weighted by atomic mass is 32.2. The van der Waals surface area contributed by atoms with Gasteiger partial charge in [0.2, 0.25) is 10.0 Å². The molecule has 0 radical (unpaired) electrons. The molecule has 0 saturated carbocycles. The van der Waals surface area contributed by atoms with Crippen molar-refractivity contribution in [3.8, 4) is 0 Å². The lowest BCUT2D eigenvalue weighted by Gasteiger charge is -2.37. The third-order valence-corrected chi connectivity index (χ3v) is 8.27. The van der Waals surface area contributed by atoms with Gasteiger partial charge in [-0.25, -0.2) is 13.1 Å². The number of nitrogens with zero attached hydrogens (tertiary/aromatic N) is 3. The van der Waals surface area contributed by atoms with Crippen molar-refractivity contribution in [3.05, 3.63) is 59.7 Å². The summed E-state index contributed by atoms with van der Waals surface area (Å²) in [7, 11) is -3.53. The number of carbonyl (C=O) groups excluding carboxylic acids is 1. The zero-order valence-electron chi connectivity index (χ0n) is 19.5. The molecule has 178 valence electrons. The Morgan fingerprint density at radius 1 is 0.939 bits per heavy atom. The maximum absolute atomic E-state index is 13.3. The van der Waals surface area contributed by atoms with Gasteiger partial charge in [-0.05, 0) is 50.6 Å². The van der Waals surface area contributed by atoms with Crippen molar-refractivity contribution in [1.82, 2.24) is 14.5 Å². The summed E-state index contributed by atoms with van der Waals surface area (Å²) >= 11 is 0. The van der Waals surface area contributed by atoms with Crippen LogP contribution in [0.25, 0.3) is 0 Å². The van der Waals surface area contributed by atoms with Crippen LogP contribution in [-0.2, 0) is 10.0 Å². The number of nitrogens with one attached hydrogen (secondary N) is 1. The molecule has 8 heteroatoms. The normalized spacial score (nSPS) is 18.5. The number of piperidine rings is 1. The van der Waals surface area contributed by atoms with Crippen LogP contribution >= 0.6 is 0 Å². The molecule has 2 aromatic carbocycles. The van der Waals surface area contributed by atoms with Gasteiger partial charge in [0.25, 0.3) is 5.91 Å². The summed E-state index contributed by atoms with van der Waals surface area (Å²) in [4.78, 5) is 20.1. The molecule has 1 N–H and O–H groups in total. The summed E-state index contributed by atoms with van der Waals surface area (Å²) in [5, 5.41) is 0. The predicted octanol–water partition coefficient (Wildman–Crippen LogP) is 2.72. The van der Waals surface area contributed by atoms with Gasteiger partial charge in [-0.2, -0.15) is 0 Å². The number of hydrogen-bond acceptors (Lipinski definition) is 5. The zero-order chi connectivity index (χ0) is 23.4. The highest BCUT2D eigenvalue weighted by Gasteiger charge is 2.28. The highest BCUT2D eigenvalue weighted by Crippen LogP contribution is 2.26. The van der Waals surface area contributed by atoms with Gasteiger partial charge in [0, 0.05) is 51.0 Å². The predicted molar refractivity (Wildman–Crippen MR) is 131 cm³/mol. The number of hydrogen-bond donors (Lipinski definition) is 1. The number of para-hydroxylation sites is 1. The Morgan fingerprint density at radius 3 is 2.21 bits per heavy atom. The SMILES string of the molecule is CCN1CCN(C(=O)c2ccccc2N2CCC(NS(=O)(=O)c3ccc(C)cc3)CC2)CC1. The van der Waals surface area contributed by atoms with E-state index in [0.29, 0.717) is 30.8 Å². The van der Waals surface area contributed by atoms with E-state index in [1.54, 1.807) is 12.1 Å². The van der Waals surface area contributed by atoms with Gasteiger partial charge >= 0.3 is 0 Å². The first-order valence-corrected chi connectivity index (χ1v) is 13.3. The van der Waals surface area contributed by atoms with E-state index in [-0.39, 0.29) is 11.9 Å². The van der Waals surface area contributed by atoms with Gasteiger partial charge in [0.15, 0.2) is 0 Å². The molecule has 4 rings (SSSR count). The Bertz CT molecular complexity index is 1060. The van der Waals surface area contributed by atoms with Crippen LogP contribution in [0, 0.1) is 6.92 Å². The van der Waals surface area contributed by atoms with E-state index in [0.717, 1.165) is 49.5 Å². The third kappa shape index (κ3) is 5.57. The first-order chi connectivity index (χ1) is 15.9. The molecule has 7 nitrogen and oxygen atoms in total. The van der Waals surface area contributed by atoms with Crippen molar-refractivity contribution >= 4 is 21.6 Å². The number of aryl methyl sites for hydroxylation is 1. The van der Waals surface area contributed by atoms with Crippen LogP contribution < -0.4 is 9.62 Å². The fourth-order valence-electron chi connectivity index (χ4n) is 4.61. The zero-order valence-corrected chi connectivity index (χ0v) is 20.4. The minimum Gasteiger partial charge on any atom is -0.371 e. The number of anilines is 1. The summed E-state index contributed by atoms with van der Waals surface area (Å²) in [5.74, 6) is 0.0866. The molecule has 0 aliphatic carbocycles. The first-order valence-electron chi connectivity index (χ1n) is 11.8. The van der Waals surface area contributed by atoms with Crippen LogP contribution in [0.4, 0.5) is 5.69 Å². The van der Waals surface area contributed by atoms with Crippen molar-refractivity contribution in [1.29, 1.82) is 0 Å². The second kappa shape index (κ2) is 10.2. The van der Waals surface area contributed by atoms with Crippen molar-refractivity contribution < 1.29 is 13.2 Å². The second-order valence-electron chi connectivity index (χ2n) is 8.94.